The molecule has 3 heterocycles. The van der Waals surface area contributed by atoms with E-state index in [9.17, 15) is 26.7 Å². The first-order valence-electron chi connectivity index (χ1n) is 9.86. The van der Waals surface area contributed by atoms with E-state index in [1.165, 1.54) is 23.2 Å². The molecule has 7 nitrogen and oxygen atoms in total. The Morgan fingerprint density at radius 1 is 1.12 bits per heavy atom. The SMILES string of the molecule is Cc1c(NC(=O)c2cc(-c3ccco3)on2)cnn1Cc1ccc(C(F)(F)F)cc1C(C)(F)F. The highest BCUT2D eigenvalue weighted by molar-refractivity contribution is 6.03. The van der Waals surface area contributed by atoms with E-state index in [0.717, 1.165) is 12.1 Å². The van der Waals surface area contributed by atoms with Gasteiger partial charge in [0.1, 0.15) is 0 Å². The second kappa shape index (κ2) is 8.43. The second-order valence-corrected chi connectivity index (χ2v) is 7.57. The molecule has 4 rings (SSSR count). The Morgan fingerprint density at radius 3 is 2.53 bits per heavy atom. The highest BCUT2D eigenvalue weighted by atomic mass is 19.4. The summed E-state index contributed by atoms with van der Waals surface area (Å²) in [7, 11) is 0. The molecule has 0 atom stereocenters. The molecule has 1 N–H and O–H groups in total. The Bertz CT molecular complexity index is 1320. The first-order chi connectivity index (χ1) is 15.9. The average molecular weight is 480 g/mol. The predicted octanol–water partition coefficient (Wildman–Crippen LogP) is 5.87. The van der Waals surface area contributed by atoms with Gasteiger partial charge in [0.15, 0.2) is 11.5 Å². The maximum Gasteiger partial charge on any atom is 0.416 e. The summed E-state index contributed by atoms with van der Waals surface area (Å²) in [5.74, 6) is -3.49. The van der Waals surface area contributed by atoms with Gasteiger partial charge in [0.25, 0.3) is 11.8 Å². The zero-order valence-electron chi connectivity index (χ0n) is 17.8. The number of hydrogen-bond donors (Lipinski definition) is 1. The topological polar surface area (TPSA) is 86.1 Å². The largest absolute Gasteiger partial charge is 0.461 e. The van der Waals surface area contributed by atoms with Crippen molar-refractivity contribution in [2.45, 2.75) is 32.5 Å². The van der Waals surface area contributed by atoms with Gasteiger partial charge >= 0.3 is 6.18 Å². The van der Waals surface area contributed by atoms with Crippen molar-refractivity contribution >= 4 is 11.6 Å². The number of nitrogens with one attached hydrogen (secondary N) is 1. The molecule has 0 radical (unpaired) electrons. The van der Waals surface area contributed by atoms with Crippen molar-refractivity contribution in [3.8, 4) is 11.5 Å². The summed E-state index contributed by atoms with van der Waals surface area (Å²) in [6.45, 7) is 1.88. The minimum atomic E-state index is -4.75. The molecule has 34 heavy (non-hydrogen) atoms. The van der Waals surface area contributed by atoms with Crippen LogP contribution in [0.1, 0.15) is 39.8 Å². The molecule has 0 aliphatic rings. The molecule has 12 heteroatoms. The maximum atomic E-state index is 14.1. The van der Waals surface area contributed by atoms with Gasteiger partial charge in [0, 0.05) is 18.6 Å². The Labute approximate surface area is 189 Å². The number of hydrogen-bond acceptors (Lipinski definition) is 5. The van der Waals surface area contributed by atoms with Crippen LogP contribution < -0.4 is 5.32 Å². The lowest BCUT2D eigenvalue weighted by molar-refractivity contribution is -0.137. The number of anilines is 1. The fourth-order valence-electron chi connectivity index (χ4n) is 3.29. The third kappa shape index (κ3) is 4.70. The van der Waals surface area contributed by atoms with Crippen LogP contribution in [0, 0.1) is 6.92 Å². The van der Waals surface area contributed by atoms with Gasteiger partial charge in [-0.05, 0) is 36.8 Å². The number of halogens is 5. The number of benzene rings is 1. The fourth-order valence-corrected chi connectivity index (χ4v) is 3.29. The van der Waals surface area contributed by atoms with Crippen LogP contribution in [0.4, 0.5) is 27.6 Å². The van der Waals surface area contributed by atoms with E-state index in [0.29, 0.717) is 24.4 Å². The van der Waals surface area contributed by atoms with Crippen LogP contribution in [-0.4, -0.2) is 20.8 Å². The molecule has 4 aromatic rings. The van der Waals surface area contributed by atoms with Crippen molar-refractivity contribution in [3.05, 3.63) is 76.9 Å². The van der Waals surface area contributed by atoms with Gasteiger partial charge < -0.3 is 14.3 Å². The number of furan rings is 1. The molecular formula is C22H17F5N4O3. The van der Waals surface area contributed by atoms with Crippen molar-refractivity contribution in [3.63, 3.8) is 0 Å². The van der Waals surface area contributed by atoms with Crippen LogP contribution in [0.2, 0.25) is 0 Å². The third-order valence-electron chi connectivity index (χ3n) is 5.09. The van der Waals surface area contributed by atoms with Crippen LogP contribution in [0.3, 0.4) is 0 Å². The van der Waals surface area contributed by atoms with E-state index in [2.05, 4.69) is 15.6 Å². The quantitative estimate of drug-likeness (QED) is 0.349. The standard InChI is InChI=1S/C22H17F5N4O3/c1-12-17(29-20(32)16-9-19(34-30-16)18-4-3-7-33-18)10-28-31(12)11-13-5-6-14(22(25,26)27)8-15(13)21(2,23)24/h3-10H,11H2,1-2H3,(H,29,32). The van der Waals surface area contributed by atoms with Crippen molar-refractivity contribution in [1.29, 1.82) is 0 Å². The molecule has 0 fully saturated rings. The molecular weight excluding hydrogens is 463 g/mol. The zero-order chi connectivity index (χ0) is 24.7. The van der Waals surface area contributed by atoms with Crippen molar-refractivity contribution in [1.82, 2.24) is 14.9 Å². The number of carbonyl (C=O) groups is 1. The number of nitrogens with zero attached hydrogens (tertiary/aromatic N) is 3. The lowest BCUT2D eigenvalue weighted by Gasteiger charge is -2.19. The smallest absolute Gasteiger partial charge is 0.416 e. The summed E-state index contributed by atoms with van der Waals surface area (Å²) in [5.41, 5.74) is -1.33. The van der Waals surface area contributed by atoms with Gasteiger partial charge in [-0.2, -0.15) is 18.3 Å². The molecule has 1 amide bonds. The van der Waals surface area contributed by atoms with Crippen LogP contribution in [-0.2, 0) is 18.6 Å². The third-order valence-corrected chi connectivity index (χ3v) is 5.09. The molecule has 1 aromatic carbocycles. The molecule has 0 saturated heterocycles. The van der Waals surface area contributed by atoms with Gasteiger partial charge in [-0.3, -0.25) is 9.48 Å². The van der Waals surface area contributed by atoms with Crippen molar-refractivity contribution < 1.29 is 35.7 Å². The van der Waals surface area contributed by atoms with Gasteiger partial charge in [-0.15, -0.1) is 0 Å². The van der Waals surface area contributed by atoms with Crippen molar-refractivity contribution in [2.24, 2.45) is 0 Å². The summed E-state index contributed by atoms with van der Waals surface area (Å²) in [6.07, 6.45) is -2.02. The molecule has 0 aliphatic carbocycles. The van der Waals surface area contributed by atoms with E-state index in [-0.39, 0.29) is 29.2 Å². The van der Waals surface area contributed by atoms with Gasteiger partial charge in [0.2, 0.25) is 5.76 Å². The van der Waals surface area contributed by atoms with Gasteiger partial charge in [-0.25, -0.2) is 8.78 Å². The Balaban J connectivity index is 1.55. The minimum Gasteiger partial charge on any atom is -0.461 e. The highest BCUT2D eigenvalue weighted by Crippen LogP contribution is 2.36. The first kappa shape index (κ1) is 23.2. The molecule has 0 saturated carbocycles. The monoisotopic (exact) mass is 480 g/mol. The predicted molar refractivity (Wildman–Crippen MR) is 109 cm³/mol. The van der Waals surface area contributed by atoms with E-state index in [4.69, 9.17) is 8.94 Å². The highest BCUT2D eigenvalue weighted by Gasteiger charge is 2.35. The van der Waals surface area contributed by atoms with Crippen molar-refractivity contribution in [2.75, 3.05) is 5.32 Å². The summed E-state index contributed by atoms with van der Waals surface area (Å²) in [6, 6.07) is 6.84. The van der Waals surface area contributed by atoms with Crippen LogP contribution in [0.5, 0.6) is 0 Å². The molecule has 3 aromatic heterocycles. The Morgan fingerprint density at radius 2 is 1.88 bits per heavy atom. The number of rotatable bonds is 6. The van der Waals surface area contributed by atoms with E-state index < -0.39 is 29.1 Å². The molecule has 0 unspecified atom stereocenters. The Kier molecular flexibility index (Phi) is 5.75. The van der Waals surface area contributed by atoms with Crippen LogP contribution in [0.25, 0.3) is 11.5 Å². The van der Waals surface area contributed by atoms with Crippen LogP contribution >= 0.6 is 0 Å². The summed E-state index contributed by atoms with van der Waals surface area (Å²) >= 11 is 0. The normalized spacial score (nSPS) is 12.2. The number of alkyl halides is 5. The van der Waals surface area contributed by atoms with E-state index in [1.807, 2.05) is 0 Å². The lowest BCUT2D eigenvalue weighted by atomic mass is 9.99. The molecule has 178 valence electrons. The van der Waals surface area contributed by atoms with E-state index in [1.54, 1.807) is 19.1 Å². The number of amides is 1. The summed E-state index contributed by atoms with van der Waals surface area (Å²) in [5, 5.41) is 10.4. The minimum absolute atomic E-state index is 0.0331. The second-order valence-electron chi connectivity index (χ2n) is 7.57. The maximum absolute atomic E-state index is 14.1. The number of carbonyl (C=O) groups excluding carboxylic acids is 1. The fraction of sp³-hybridized carbons (Fsp3) is 0.227. The Hall–Kier alpha value is -3.96. The van der Waals surface area contributed by atoms with E-state index >= 15 is 0 Å². The number of aromatic nitrogens is 3. The molecule has 0 spiro atoms. The summed E-state index contributed by atoms with van der Waals surface area (Å²) in [4.78, 5) is 12.5. The lowest BCUT2D eigenvalue weighted by Crippen LogP contribution is -2.17. The van der Waals surface area contributed by atoms with Gasteiger partial charge in [-0.1, -0.05) is 11.2 Å². The average Bonchev–Trinajstić information content (AvgIpc) is 3.50. The van der Waals surface area contributed by atoms with Crippen LogP contribution in [0.15, 0.2) is 57.8 Å². The first-order valence-corrected chi connectivity index (χ1v) is 9.86. The molecule has 0 aliphatic heterocycles. The van der Waals surface area contributed by atoms with Gasteiger partial charge in [0.05, 0.1) is 35.9 Å². The summed E-state index contributed by atoms with van der Waals surface area (Å²) < 4.78 is 78.7. The zero-order valence-corrected chi connectivity index (χ0v) is 17.8. The molecule has 0 bridgehead atoms.